The van der Waals surface area contributed by atoms with Gasteiger partial charge in [-0.15, -0.1) is 5.10 Å². The van der Waals surface area contributed by atoms with E-state index >= 15 is 0 Å². The number of nitrogens with zero attached hydrogens (tertiary/aromatic N) is 3. The summed E-state index contributed by atoms with van der Waals surface area (Å²) >= 11 is 0. The van der Waals surface area contributed by atoms with Crippen molar-refractivity contribution in [1.29, 1.82) is 0 Å². The van der Waals surface area contributed by atoms with Crippen LogP contribution in [0.4, 0.5) is 0 Å². The Labute approximate surface area is 151 Å². The summed E-state index contributed by atoms with van der Waals surface area (Å²) in [6.07, 6.45) is 5.61. The van der Waals surface area contributed by atoms with Gasteiger partial charge in [0.15, 0.2) is 5.69 Å². The Bertz CT molecular complexity index is 591. The number of hydrogen-bond donors (Lipinski definition) is 2. The third-order valence-corrected chi connectivity index (χ3v) is 6.14. The second-order valence-corrected chi connectivity index (χ2v) is 8.36. The van der Waals surface area contributed by atoms with Gasteiger partial charge in [-0.1, -0.05) is 32.4 Å². The molecule has 3 unspecified atom stereocenters. The molecule has 0 aromatic carbocycles. The van der Waals surface area contributed by atoms with Crippen LogP contribution in [0.2, 0.25) is 0 Å². The third-order valence-electron chi connectivity index (χ3n) is 6.14. The van der Waals surface area contributed by atoms with Crippen LogP contribution >= 0.6 is 0 Å². The molecule has 1 saturated heterocycles. The molecule has 2 fully saturated rings. The van der Waals surface area contributed by atoms with Gasteiger partial charge < -0.3 is 10.6 Å². The van der Waals surface area contributed by atoms with Crippen molar-refractivity contribution in [3.63, 3.8) is 0 Å². The van der Waals surface area contributed by atoms with Gasteiger partial charge >= 0.3 is 0 Å². The maximum Gasteiger partial charge on any atom is 0.273 e. The number of rotatable bonds is 4. The van der Waals surface area contributed by atoms with Gasteiger partial charge in [-0.25, -0.2) is 4.68 Å². The molecule has 6 heteroatoms. The Kier molecular flexibility index (Phi) is 5.77. The van der Waals surface area contributed by atoms with Crippen LogP contribution in [-0.4, -0.2) is 40.0 Å². The van der Waals surface area contributed by atoms with Crippen LogP contribution in [0.3, 0.4) is 0 Å². The molecule has 3 rings (SSSR count). The topological polar surface area (TPSA) is 71.8 Å². The summed E-state index contributed by atoms with van der Waals surface area (Å²) in [4.78, 5) is 12.9. The lowest BCUT2D eigenvalue weighted by atomic mass is 9.74. The van der Waals surface area contributed by atoms with Gasteiger partial charge in [-0.3, -0.25) is 4.79 Å². The van der Waals surface area contributed by atoms with E-state index in [-0.39, 0.29) is 11.9 Å². The summed E-state index contributed by atoms with van der Waals surface area (Å²) in [7, 11) is 0. The minimum atomic E-state index is -0.0533. The summed E-state index contributed by atoms with van der Waals surface area (Å²) in [5.74, 6) is 1.76. The standard InChI is InChI=1S/C19H33N5O/c1-12(2)16-6-5-13(3)11-17(16)21-19(25)18-14(4)24(23-22-18)15-7-9-20-10-8-15/h12-13,15-17,20H,5-11H2,1-4H3,(H,21,25). The lowest BCUT2D eigenvalue weighted by molar-refractivity contribution is 0.0862. The van der Waals surface area contributed by atoms with E-state index in [1.54, 1.807) is 0 Å². The molecule has 0 radical (unpaired) electrons. The highest BCUT2D eigenvalue weighted by molar-refractivity contribution is 5.93. The average molecular weight is 348 g/mol. The van der Waals surface area contributed by atoms with E-state index in [1.165, 1.54) is 12.8 Å². The van der Waals surface area contributed by atoms with Gasteiger partial charge in [-0.05, 0) is 63.5 Å². The molecule has 2 aliphatic rings. The SMILES string of the molecule is Cc1c(C(=O)NC2CC(C)CCC2C(C)C)nnn1C1CCNCC1. The Balaban J connectivity index is 1.71. The van der Waals surface area contributed by atoms with Crippen LogP contribution in [0.5, 0.6) is 0 Å². The second-order valence-electron chi connectivity index (χ2n) is 8.36. The molecule has 2 heterocycles. The van der Waals surface area contributed by atoms with Gasteiger partial charge in [0.05, 0.1) is 11.7 Å². The lowest BCUT2D eigenvalue weighted by Gasteiger charge is -2.37. The van der Waals surface area contributed by atoms with E-state index in [0.717, 1.165) is 38.0 Å². The van der Waals surface area contributed by atoms with Crippen LogP contribution in [0.15, 0.2) is 0 Å². The number of aromatic nitrogens is 3. The van der Waals surface area contributed by atoms with E-state index in [1.807, 2.05) is 11.6 Å². The molecule has 1 aliphatic heterocycles. The molecule has 1 amide bonds. The molecule has 140 valence electrons. The molecule has 2 N–H and O–H groups in total. The van der Waals surface area contributed by atoms with Crippen molar-refractivity contribution in [3.05, 3.63) is 11.4 Å². The first-order valence-corrected chi connectivity index (χ1v) is 9.90. The summed E-state index contributed by atoms with van der Waals surface area (Å²) in [6.45, 7) is 10.8. The minimum absolute atomic E-state index is 0.0533. The summed E-state index contributed by atoms with van der Waals surface area (Å²) < 4.78 is 1.96. The molecule has 1 aliphatic carbocycles. The first-order valence-electron chi connectivity index (χ1n) is 9.90. The number of carbonyl (C=O) groups is 1. The number of carbonyl (C=O) groups excluding carboxylic acids is 1. The van der Waals surface area contributed by atoms with Gasteiger partial charge in [0.1, 0.15) is 0 Å². The molecular formula is C19H33N5O. The zero-order valence-corrected chi connectivity index (χ0v) is 16.1. The largest absolute Gasteiger partial charge is 0.348 e. The molecule has 1 aromatic rings. The molecular weight excluding hydrogens is 314 g/mol. The molecule has 1 aromatic heterocycles. The quantitative estimate of drug-likeness (QED) is 0.878. The van der Waals surface area contributed by atoms with Crippen molar-refractivity contribution >= 4 is 5.91 Å². The highest BCUT2D eigenvalue weighted by atomic mass is 16.2. The summed E-state index contributed by atoms with van der Waals surface area (Å²) in [5, 5.41) is 15.2. The predicted molar refractivity (Wildman–Crippen MR) is 98.5 cm³/mol. The van der Waals surface area contributed by atoms with Crippen molar-refractivity contribution in [2.24, 2.45) is 17.8 Å². The van der Waals surface area contributed by atoms with Crippen molar-refractivity contribution in [1.82, 2.24) is 25.6 Å². The van der Waals surface area contributed by atoms with Gasteiger partial charge in [0.25, 0.3) is 5.91 Å². The summed E-state index contributed by atoms with van der Waals surface area (Å²) in [6, 6.07) is 0.605. The van der Waals surface area contributed by atoms with Crippen LogP contribution in [0.1, 0.15) is 75.1 Å². The maximum absolute atomic E-state index is 12.9. The van der Waals surface area contributed by atoms with Gasteiger partial charge in [0, 0.05) is 6.04 Å². The number of hydrogen-bond acceptors (Lipinski definition) is 4. The second kappa shape index (κ2) is 7.85. The fourth-order valence-electron chi connectivity index (χ4n) is 4.55. The molecule has 1 saturated carbocycles. The Morgan fingerprint density at radius 2 is 1.96 bits per heavy atom. The number of amides is 1. The monoisotopic (exact) mass is 347 g/mol. The van der Waals surface area contributed by atoms with E-state index in [2.05, 4.69) is 41.7 Å². The van der Waals surface area contributed by atoms with E-state index in [4.69, 9.17) is 0 Å². The fourth-order valence-corrected chi connectivity index (χ4v) is 4.55. The van der Waals surface area contributed by atoms with Crippen LogP contribution in [0, 0.1) is 24.7 Å². The molecule has 0 bridgehead atoms. The normalized spacial score (nSPS) is 28.3. The maximum atomic E-state index is 12.9. The van der Waals surface area contributed by atoms with Gasteiger partial charge in [0.2, 0.25) is 0 Å². The minimum Gasteiger partial charge on any atom is -0.348 e. The molecule has 6 nitrogen and oxygen atoms in total. The molecule has 3 atom stereocenters. The highest BCUT2D eigenvalue weighted by Gasteiger charge is 2.33. The number of nitrogens with one attached hydrogen (secondary N) is 2. The fraction of sp³-hybridized carbons (Fsp3) is 0.842. The zero-order valence-electron chi connectivity index (χ0n) is 16.1. The van der Waals surface area contributed by atoms with Crippen molar-refractivity contribution in [2.45, 2.75) is 71.9 Å². The first-order chi connectivity index (χ1) is 12.0. The van der Waals surface area contributed by atoms with Crippen molar-refractivity contribution in [3.8, 4) is 0 Å². The van der Waals surface area contributed by atoms with Crippen LogP contribution < -0.4 is 10.6 Å². The van der Waals surface area contributed by atoms with Gasteiger partial charge in [-0.2, -0.15) is 0 Å². The van der Waals surface area contributed by atoms with E-state index in [9.17, 15) is 4.79 Å². The lowest BCUT2D eigenvalue weighted by Crippen LogP contribution is -2.45. The Morgan fingerprint density at radius 3 is 2.64 bits per heavy atom. The predicted octanol–water partition coefficient (Wildman–Crippen LogP) is 2.70. The highest BCUT2D eigenvalue weighted by Crippen LogP contribution is 2.33. The van der Waals surface area contributed by atoms with E-state index in [0.29, 0.717) is 29.5 Å². The first kappa shape index (κ1) is 18.4. The van der Waals surface area contributed by atoms with Crippen molar-refractivity contribution in [2.75, 3.05) is 13.1 Å². The zero-order chi connectivity index (χ0) is 18.0. The van der Waals surface area contributed by atoms with Crippen LogP contribution in [-0.2, 0) is 0 Å². The van der Waals surface area contributed by atoms with Crippen molar-refractivity contribution < 1.29 is 4.79 Å². The average Bonchev–Trinajstić information content (AvgIpc) is 2.97. The smallest absolute Gasteiger partial charge is 0.273 e. The Morgan fingerprint density at radius 1 is 1.24 bits per heavy atom. The molecule has 25 heavy (non-hydrogen) atoms. The summed E-state index contributed by atoms with van der Waals surface area (Å²) in [5.41, 5.74) is 1.40. The molecule has 0 spiro atoms. The van der Waals surface area contributed by atoms with Crippen LogP contribution in [0.25, 0.3) is 0 Å². The van der Waals surface area contributed by atoms with E-state index < -0.39 is 0 Å². The number of piperidine rings is 1. The third kappa shape index (κ3) is 4.05. The Hall–Kier alpha value is -1.43.